The number of carbonyl (C=O) groups is 2. The summed E-state index contributed by atoms with van der Waals surface area (Å²) in [6, 6.07) is -0.254. The molecular weight excluding hydrogens is 282 g/mol. The van der Waals surface area contributed by atoms with E-state index in [9.17, 15) is 9.59 Å². The number of aliphatic hydroxyl groups is 1. The van der Waals surface area contributed by atoms with Crippen molar-refractivity contribution < 1.29 is 24.5 Å². The summed E-state index contributed by atoms with van der Waals surface area (Å²) in [4.78, 5) is 24.1. The summed E-state index contributed by atoms with van der Waals surface area (Å²) in [5.41, 5.74) is -0.139. The zero-order chi connectivity index (χ0) is 15.2. The van der Waals surface area contributed by atoms with E-state index in [2.05, 4.69) is 15.6 Å². The van der Waals surface area contributed by atoms with Crippen LogP contribution in [0.5, 0.6) is 0 Å². The maximum atomic E-state index is 11.9. The van der Waals surface area contributed by atoms with Gasteiger partial charge in [0.2, 0.25) is 0 Å². The van der Waals surface area contributed by atoms with E-state index in [0.29, 0.717) is 32.8 Å². The number of aliphatic hydroxyl groups excluding tert-OH is 1. The van der Waals surface area contributed by atoms with Gasteiger partial charge in [-0.2, -0.15) is 0 Å². The van der Waals surface area contributed by atoms with Crippen LogP contribution in [0.2, 0.25) is 0 Å². The van der Waals surface area contributed by atoms with Gasteiger partial charge in [0.15, 0.2) is 5.69 Å². The molecule has 0 aliphatic carbocycles. The highest BCUT2D eigenvalue weighted by molar-refractivity contribution is 5.84. The molecule has 2 amide bonds. The minimum Gasteiger partial charge on any atom is -0.476 e. The zero-order valence-electron chi connectivity index (χ0n) is 11.3. The highest BCUT2D eigenvalue weighted by Crippen LogP contribution is 2.04. The number of amides is 2. The Hall–Kier alpha value is -2.20. The van der Waals surface area contributed by atoms with Crippen LogP contribution in [-0.2, 0) is 11.3 Å². The quantitative estimate of drug-likeness (QED) is 0.595. The fourth-order valence-electron chi connectivity index (χ4n) is 1.91. The second-order valence-electron chi connectivity index (χ2n) is 4.53. The van der Waals surface area contributed by atoms with Crippen molar-refractivity contribution in [3.63, 3.8) is 0 Å². The third-order valence-corrected chi connectivity index (χ3v) is 3.00. The molecule has 1 aromatic rings. The molecule has 1 saturated heterocycles. The van der Waals surface area contributed by atoms with Crippen LogP contribution in [0.4, 0.5) is 4.79 Å². The third kappa shape index (κ3) is 4.13. The standard InChI is InChI=1S/C11H17N5O5/c17-7-8-5-15(3-4-21-8)11(20)12-1-2-16-6-9(10(18)19)13-14-16/h6,8,17H,1-5,7H2,(H,12,20)(H,18,19). The molecule has 1 aromatic heterocycles. The number of aromatic nitrogens is 3. The highest BCUT2D eigenvalue weighted by Gasteiger charge is 2.23. The Balaban J connectivity index is 1.74. The Morgan fingerprint density at radius 1 is 1.52 bits per heavy atom. The number of carbonyl (C=O) groups excluding carboxylic acids is 1. The van der Waals surface area contributed by atoms with Gasteiger partial charge in [0, 0.05) is 13.1 Å². The van der Waals surface area contributed by atoms with Crippen molar-refractivity contribution in [2.45, 2.75) is 12.6 Å². The van der Waals surface area contributed by atoms with E-state index in [0.717, 1.165) is 0 Å². The van der Waals surface area contributed by atoms with Crippen LogP contribution in [0.1, 0.15) is 10.5 Å². The SMILES string of the molecule is O=C(O)c1cn(CCNC(=O)N2CCOC(CO)C2)nn1. The van der Waals surface area contributed by atoms with Gasteiger partial charge < -0.3 is 25.2 Å². The lowest BCUT2D eigenvalue weighted by Crippen LogP contribution is -2.50. The number of aromatic carboxylic acids is 1. The number of carboxylic acid groups (broad SMARTS) is 1. The number of ether oxygens (including phenoxy) is 1. The van der Waals surface area contributed by atoms with Gasteiger partial charge >= 0.3 is 12.0 Å². The lowest BCUT2D eigenvalue weighted by atomic mass is 10.3. The maximum absolute atomic E-state index is 11.9. The molecule has 1 fully saturated rings. The number of hydrogen-bond donors (Lipinski definition) is 3. The fourth-order valence-corrected chi connectivity index (χ4v) is 1.91. The van der Waals surface area contributed by atoms with Crippen LogP contribution in [0, 0.1) is 0 Å². The molecule has 3 N–H and O–H groups in total. The van der Waals surface area contributed by atoms with Crippen LogP contribution < -0.4 is 5.32 Å². The fraction of sp³-hybridized carbons (Fsp3) is 0.636. The van der Waals surface area contributed by atoms with Crippen molar-refractivity contribution in [2.24, 2.45) is 0 Å². The average Bonchev–Trinajstić information content (AvgIpc) is 2.96. The predicted octanol–water partition coefficient (Wildman–Crippen LogP) is -1.62. The van der Waals surface area contributed by atoms with Crippen molar-refractivity contribution in [2.75, 3.05) is 32.8 Å². The number of rotatable bonds is 5. The molecular formula is C11H17N5O5. The molecule has 0 saturated carbocycles. The number of nitrogens with zero attached hydrogens (tertiary/aromatic N) is 4. The third-order valence-electron chi connectivity index (χ3n) is 3.00. The largest absolute Gasteiger partial charge is 0.476 e. The van der Waals surface area contributed by atoms with Crippen molar-refractivity contribution in [3.05, 3.63) is 11.9 Å². The minimum atomic E-state index is -1.14. The van der Waals surface area contributed by atoms with Gasteiger partial charge in [0.25, 0.3) is 0 Å². The Morgan fingerprint density at radius 3 is 3.00 bits per heavy atom. The molecule has 0 spiro atoms. The first kappa shape index (κ1) is 15.2. The summed E-state index contributed by atoms with van der Waals surface area (Å²) in [5.74, 6) is -1.14. The summed E-state index contributed by atoms with van der Waals surface area (Å²) >= 11 is 0. The number of carboxylic acids is 1. The smallest absolute Gasteiger partial charge is 0.358 e. The van der Waals surface area contributed by atoms with Gasteiger partial charge in [-0.25, -0.2) is 14.3 Å². The van der Waals surface area contributed by atoms with Gasteiger partial charge in [-0.1, -0.05) is 5.21 Å². The number of nitrogens with one attached hydrogen (secondary N) is 1. The Morgan fingerprint density at radius 2 is 2.33 bits per heavy atom. The Bertz CT molecular complexity index is 505. The normalized spacial score (nSPS) is 18.5. The number of hydrogen-bond acceptors (Lipinski definition) is 6. The molecule has 0 radical (unpaired) electrons. The molecule has 21 heavy (non-hydrogen) atoms. The molecule has 10 heteroatoms. The average molecular weight is 299 g/mol. The molecule has 2 heterocycles. The van der Waals surface area contributed by atoms with Crippen LogP contribution >= 0.6 is 0 Å². The van der Waals surface area contributed by atoms with E-state index in [4.69, 9.17) is 14.9 Å². The predicted molar refractivity (Wildman–Crippen MR) is 68.8 cm³/mol. The van der Waals surface area contributed by atoms with Crippen molar-refractivity contribution in [1.82, 2.24) is 25.2 Å². The van der Waals surface area contributed by atoms with Crippen LogP contribution in [0.3, 0.4) is 0 Å². The first-order valence-electron chi connectivity index (χ1n) is 6.49. The monoisotopic (exact) mass is 299 g/mol. The molecule has 1 atom stereocenters. The topological polar surface area (TPSA) is 130 Å². The van der Waals surface area contributed by atoms with E-state index in [-0.39, 0.29) is 24.4 Å². The van der Waals surface area contributed by atoms with Gasteiger partial charge in [0.05, 0.1) is 38.6 Å². The lowest BCUT2D eigenvalue weighted by molar-refractivity contribution is -0.0402. The second kappa shape index (κ2) is 6.99. The van der Waals surface area contributed by atoms with Gasteiger partial charge in [-0.15, -0.1) is 5.10 Å². The molecule has 10 nitrogen and oxygen atoms in total. The maximum Gasteiger partial charge on any atom is 0.358 e. The Kier molecular flexibility index (Phi) is 5.06. The van der Waals surface area contributed by atoms with Crippen LogP contribution in [0.25, 0.3) is 0 Å². The lowest BCUT2D eigenvalue weighted by Gasteiger charge is -2.32. The van der Waals surface area contributed by atoms with Crippen LogP contribution in [0.15, 0.2) is 6.20 Å². The van der Waals surface area contributed by atoms with Crippen molar-refractivity contribution in [1.29, 1.82) is 0 Å². The summed E-state index contributed by atoms with van der Waals surface area (Å²) in [6.45, 7) is 1.69. The first-order valence-corrected chi connectivity index (χ1v) is 6.49. The molecule has 2 rings (SSSR count). The summed E-state index contributed by atoms with van der Waals surface area (Å²) in [7, 11) is 0. The minimum absolute atomic E-state index is 0.124. The van der Waals surface area contributed by atoms with E-state index in [1.54, 1.807) is 4.90 Å². The number of urea groups is 1. The van der Waals surface area contributed by atoms with Crippen molar-refractivity contribution in [3.8, 4) is 0 Å². The van der Waals surface area contributed by atoms with Crippen molar-refractivity contribution >= 4 is 12.0 Å². The molecule has 116 valence electrons. The van der Waals surface area contributed by atoms with Crippen LogP contribution in [-0.4, -0.2) is 81.1 Å². The molecule has 1 aliphatic rings. The van der Waals surface area contributed by atoms with E-state index < -0.39 is 5.97 Å². The molecule has 1 unspecified atom stereocenters. The number of morpholine rings is 1. The zero-order valence-corrected chi connectivity index (χ0v) is 11.3. The summed E-state index contributed by atoms with van der Waals surface area (Å²) < 4.78 is 6.60. The second-order valence-corrected chi connectivity index (χ2v) is 4.53. The van der Waals surface area contributed by atoms with Gasteiger partial charge in [-0.05, 0) is 0 Å². The highest BCUT2D eigenvalue weighted by atomic mass is 16.5. The van der Waals surface area contributed by atoms with E-state index >= 15 is 0 Å². The summed E-state index contributed by atoms with van der Waals surface area (Å²) in [6.07, 6.45) is 0.948. The Labute approximate surface area is 120 Å². The van der Waals surface area contributed by atoms with Gasteiger partial charge in [0.1, 0.15) is 0 Å². The molecule has 0 aromatic carbocycles. The van der Waals surface area contributed by atoms with E-state index in [1.807, 2.05) is 0 Å². The molecule has 0 bridgehead atoms. The molecule has 1 aliphatic heterocycles. The summed E-state index contributed by atoms with van der Waals surface area (Å²) in [5, 5.41) is 27.5. The van der Waals surface area contributed by atoms with Gasteiger partial charge in [-0.3, -0.25) is 0 Å². The first-order chi connectivity index (χ1) is 10.1. The van der Waals surface area contributed by atoms with E-state index in [1.165, 1.54) is 10.9 Å².